The second-order valence-electron chi connectivity index (χ2n) is 4.34. The summed E-state index contributed by atoms with van der Waals surface area (Å²) in [6.45, 7) is 2.51. The fraction of sp³-hybridized carbons (Fsp3) is 0.357. The molecule has 4 heteroatoms. The van der Waals surface area contributed by atoms with Gasteiger partial charge < -0.3 is 15.5 Å². The molecule has 0 fully saturated rings. The minimum atomic E-state index is -0.199. The number of nitrogens with one attached hydrogen (secondary N) is 1. The maximum Gasteiger partial charge on any atom is 0.287 e. The molecule has 0 spiro atoms. The number of hydrogen-bond acceptors (Lipinski definition) is 3. The fourth-order valence-electron chi connectivity index (χ4n) is 1.95. The predicted molar refractivity (Wildman–Crippen MR) is 71.4 cm³/mol. The molecular formula is C14H18N2O2. The van der Waals surface area contributed by atoms with Crippen molar-refractivity contribution in [2.45, 2.75) is 25.8 Å². The Labute approximate surface area is 106 Å². The topological polar surface area (TPSA) is 68.3 Å². The molecule has 18 heavy (non-hydrogen) atoms. The zero-order chi connectivity index (χ0) is 13.0. The van der Waals surface area contributed by atoms with Crippen LogP contribution in [0.1, 0.15) is 30.3 Å². The van der Waals surface area contributed by atoms with Crippen LogP contribution in [0.15, 0.2) is 34.7 Å². The highest BCUT2D eigenvalue weighted by atomic mass is 16.3. The smallest absolute Gasteiger partial charge is 0.287 e. The summed E-state index contributed by atoms with van der Waals surface area (Å²) in [4.78, 5) is 12.0. The van der Waals surface area contributed by atoms with Crippen LogP contribution in [0.5, 0.6) is 0 Å². The molecule has 4 nitrogen and oxygen atoms in total. The SMILES string of the molecule is CCCC(CN)NC(=O)c1cc2ccccc2o1. The molecule has 1 atom stereocenters. The van der Waals surface area contributed by atoms with Crippen LogP contribution in [-0.4, -0.2) is 18.5 Å². The monoisotopic (exact) mass is 246 g/mol. The van der Waals surface area contributed by atoms with Gasteiger partial charge in [-0.15, -0.1) is 0 Å². The minimum absolute atomic E-state index is 0.00992. The van der Waals surface area contributed by atoms with E-state index < -0.39 is 0 Å². The molecule has 0 bridgehead atoms. The van der Waals surface area contributed by atoms with E-state index in [2.05, 4.69) is 12.2 Å². The molecule has 2 rings (SSSR count). The normalized spacial score (nSPS) is 12.6. The van der Waals surface area contributed by atoms with Crippen molar-refractivity contribution in [3.05, 3.63) is 36.1 Å². The summed E-state index contributed by atoms with van der Waals surface area (Å²) < 4.78 is 5.50. The molecule has 3 N–H and O–H groups in total. The van der Waals surface area contributed by atoms with Crippen molar-refractivity contribution in [2.75, 3.05) is 6.54 Å². The maximum absolute atomic E-state index is 12.0. The lowest BCUT2D eigenvalue weighted by Gasteiger charge is -2.14. The first kappa shape index (κ1) is 12.6. The van der Waals surface area contributed by atoms with Gasteiger partial charge in [-0.1, -0.05) is 31.5 Å². The molecule has 0 radical (unpaired) electrons. The summed E-state index contributed by atoms with van der Waals surface area (Å²) in [5.74, 6) is 0.140. The Hall–Kier alpha value is -1.81. The van der Waals surface area contributed by atoms with Gasteiger partial charge in [-0.3, -0.25) is 4.79 Å². The van der Waals surface area contributed by atoms with Gasteiger partial charge in [0, 0.05) is 18.0 Å². The zero-order valence-electron chi connectivity index (χ0n) is 10.5. The number of nitrogens with two attached hydrogens (primary N) is 1. The molecule has 1 amide bonds. The van der Waals surface area contributed by atoms with E-state index >= 15 is 0 Å². The molecule has 0 aliphatic rings. The first-order chi connectivity index (χ1) is 8.74. The lowest BCUT2D eigenvalue weighted by Crippen LogP contribution is -2.39. The van der Waals surface area contributed by atoms with Gasteiger partial charge in [0.25, 0.3) is 5.91 Å². The van der Waals surface area contributed by atoms with Crippen molar-refractivity contribution in [1.29, 1.82) is 0 Å². The average Bonchev–Trinajstić information content (AvgIpc) is 2.82. The van der Waals surface area contributed by atoms with Crippen molar-refractivity contribution < 1.29 is 9.21 Å². The van der Waals surface area contributed by atoms with E-state index in [1.54, 1.807) is 6.07 Å². The van der Waals surface area contributed by atoms with E-state index in [4.69, 9.17) is 10.2 Å². The number of benzene rings is 1. The van der Waals surface area contributed by atoms with Crippen LogP contribution in [0.25, 0.3) is 11.0 Å². The van der Waals surface area contributed by atoms with Crippen LogP contribution >= 0.6 is 0 Å². The van der Waals surface area contributed by atoms with Crippen LogP contribution in [0, 0.1) is 0 Å². The highest BCUT2D eigenvalue weighted by Crippen LogP contribution is 2.18. The third-order valence-corrected chi connectivity index (χ3v) is 2.91. The number of amides is 1. The Bertz CT molecular complexity index is 500. The van der Waals surface area contributed by atoms with Crippen LogP contribution in [0.2, 0.25) is 0 Å². The Balaban J connectivity index is 2.13. The second kappa shape index (κ2) is 5.69. The van der Waals surface area contributed by atoms with Crippen molar-refractivity contribution in [2.24, 2.45) is 5.73 Å². The Morgan fingerprint density at radius 1 is 1.44 bits per heavy atom. The Morgan fingerprint density at radius 3 is 2.89 bits per heavy atom. The maximum atomic E-state index is 12.0. The van der Waals surface area contributed by atoms with Crippen molar-refractivity contribution in [3.8, 4) is 0 Å². The molecule has 0 aliphatic carbocycles. The van der Waals surface area contributed by atoms with Gasteiger partial charge in [-0.25, -0.2) is 0 Å². The first-order valence-electron chi connectivity index (χ1n) is 6.24. The number of rotatable bonds is 5. The van der Waals surface area contributed by atoms with Crippen LogP contribution in [-0.2, 0) is 0 Å². The molecule has 1 heterocycles. The van der Waals surface area contributed by atoms with Gasteiger partial charge in [0.2, 0.25) is 0 Å². The standard InChI is InChI=1S/C14H18N2O2/c1-2-5-11(9-15)16-14(17)13-8-10-6-3-4-7-12(10)18-13/h3-4,6-8,11H,2,5,9,15H2,1H3,(H,16,17). The number of carbonyl (C=O) groups is 1. The van der Waals surface area contributed by atoms with Crippen molar-refractivity contribution in [3.63, 3.8) is 0 Å². The highest BCUT2D eigenvalue weighted by Gasteiger charge is 2.15. The molecular weight excluding hydrogens is 228 g/mol. The van der Waals surface area contributed by atoms with E-state index in [1.165, 1.54) is 0 Å². The number of furan rings is 1. The van der Waals surface area contributed by atoms with E-state index in [0.717, 1.165) is 23.8 Å². The average molecular weight is 246 g/mol. The van der Waals surface area contributed by atoms with Crippen molar-refractivity contribution >= 4 is 16.9 Å². The highest BCUT2D eigenvalue weighted by molar-refractivity contribution is 5.96. The summed E-state index contributed by atoms with van der Waals surface area (Å²) >= 11 is 0. The van der Waals surface area contributed by atoms with Crippen molar-refractivity contribution in [1.82, 2.24) is 5.32 Å². The Morgan fingerprint density at radius 2 is 2.22 bits per heavy atom. The summed E-state index contributed by atoms with van der Waals surface area (Å²) in [6, 6.07) is 9.33. The number of hydrogen-bond donors (Lipinski definition) is 2. The minimum Gasteiger partial charge on any atom is -0.451 e. The molecule has 1 aromatic carbocycles. The zero-order valence-corrected chi connectivity index (χ0v) is 10.5. The van der Waals surface area contributed by atoms with Gasteiger partial charge in [0.1, 0.15) is 5.58 Å². The summed E-state index contributed by atoms with van der Waals surface area (Å²) in [6.07, 6.45) is 1.87. The molecule has 0 aliphatic heterocycles. The summed E-state index contributed by atoms with van der Waals surface area (Å²) in [5, 5.41) is 3.82. The number of para-hydroxylation sites is 1. The van der Waals surface area contributed by atoms with Gasteiger partial charge >= 0.3 is 0 Å². The Kier molecular flexibility index (Phi) is 3.99. The summed E-state index contributed by atoms with van der Waals surface area (Å²) in [7, 11) is 0. The van der Waals surface area contributed by atoms with Crippen LogP contribution in [0.3, 0.4) is 0 Å². The lowest BCUT2D eigenvalue weighted by molar-refractivity contribution is 0.0910. The largest absolute Gasteiger partial charge is 0.451 e. The number of carbonyl (C=O) groups excluding carboxylic acids is 1. The van der Waals surface area contributed by atoms with Crippen LogP contribution in [0.4, 0.5) is 0 Å². The van der Waals surface area contributed by atoms with Gasteiger partial charge in [0.05, 0.1) is 0 Å². The van der Waals surface area contributed by atoms with E-state index in [1.807, 2.05) is 24.3 Å². The first-order valence-corrected chi connectivity index (χ1v) is 6.24. The molecule has 0 saturated carbocycles. The predicted octanol–water partition coefficient (Wildman–Crippen LogP) is 2.29. The molecule has 1 unspecified atom stereocenters. The lowest BCUT2D eigenvalue weighted by atomic mass is 10.1. The third-order valence-electron chi connectivity index (χ3n) is 2.91. The summed E-state index contributed by atoms with van der Waals surface area (Å²) in [5.41, 5.74) is 6.34. The van der Waals surface area contributed by atoms with Gasteiger partial charge in [0.15, 0.2) is 5.76 Å². The van der Waals surface area contributed by atoms with Crippen LogP contribution < -0.4 is 11.1 Å². The molecule has 0 saturated heterocycles. The quantitative estimate of drug-likeness (QED) is 0.850. The third kappa shape index (κ3) is 2.71. The van der Waals surface area contributed by atoms with Gasteiger partial charge in [-0.2, -0.15) is 0 Å². The number of fused-ring (bicyclic) bond motifs is 1. The second-order valence-corrected chi connectivity index (χ2v) is 4.34. The molecule has 2 aromatic rings. The van der Waals surface area contributed by atoms with E-state index in [9.17, 15) is 4.79 Å². The van der Waals surface area contributed by atoms with E-state index in [-0.39, 0.29) is 11.9 Å². The van der Waals surface area contributed by atoms with E-state index in [0.29, 0.717) is 12.3 Å². The molecule has 1 aromatic heterocycles. The molecule has 96 valence electrons. The fourth-order valence-corrected chi connectivity index (χ4v) is 1.95. The van der Waals surface area contributed by atoms with Gasteiger partial charge in [-0.05, 0) is 18.6 Å².